The van der Waals surface area contributed by atoms with Gasteiger partial charge in [-0.05, 0) is 36.2 Å². The Morgan fingerprint density at radius 1 is 1.27 bits per heavy atom. The Kier molecular flexibility index (Phi) is 7.27. The summed E-state index contributed by atoms with van der Waals surface area (Å²) >= 11 is 0. The average molecular weight is 416 g/mol. The number of nitrogens with one attached hydrogen (secondary N) is 2. The molecule has 1 aliphatic rings. The lowest BCUT2D eigenvalue weighted by molar-refractivity contribution is -0.0495. The van der Waals surface area contributed by atoms with E-state index in [-0.39, 0.29) is 24.4 Å². The van der Waals surface area contributed by atoms with E-state index in [9.17, 15) is 13.6 Å². The topological polar surface area (TPSA) is 86.6 Å². The number of nitrogens with zero attached hydrogens (tertiary/aromatic N) is 2. The Labute approximate surface area is 173 Å². The van der Waals surface area contributed by atoms with E-state index in [0.29, 0.717) is 37.5 Å². The molecular formula is C21H22F2N4O3. The van der Waals surface area contributed by atoms with Gasteiger partial charge in [0.15, 0.2) is 6.61 Å². The SMILES string of the molecule is N#CCOc1cccc(CNC(=O)NC2CCN(c3ccccc3OC(F)F)C2)c1. The lowest BCUT2D eigenvalue weighted by Crippen LogP contribution is -2.43. The summed E-state index contributed by atoms with van der Waals surface area (Å²) in [4.78, 5) is 14.2. The number of halogens is 2. The molecule has 1 fully saturated rings. The predicted molar refractivity (Wildman–Crippen MR) is 107 cm³/mol. The molecular weight excluding hydrogens is 394 g/mol. The van der Waals surface area contributed by atoms with Crippen molar-refractivity contribution in [1.29, 1.82) is 5.26 Å². The molecule has 7 nitrogen and oxygen atoms in total. The fourth-order valence-electron chi connectivity index (χ4n) is 3.29. The molecule has 2 amide bonds. The summed E-state index contributed by atoms with van der Waals surface area (Å²) in [6.07, 6.45) is 0.688. The van der Waals surface area contributed by atoms with E-state index < -0.39 is 6.61 Å². The summed E-state index contributed by atoms with van der Waals surface area (Å²) in [6.45, 7) is -1.52. The van der Waals surface area contributed by atoms with Crippen LogP contribution in [0.5, 0.6) is 11.5 Å². The van der Waals surface area contributed by atoms with Crippen molar-refractivity contribution in [1.82, 2.24) is 10.6 Å². The van der Waals surface area contributed by atoms with Crippen LogP contribution in [0.2, 0.25) is 0 Å². The number of ether oxygens (including phenoxy) is 2. The Morgan fingerprint density at radius 2 is 2.10 bits per heavy atom. The maximum atomic E-state index is 12.6. The van der Waals surface area contributed by atoms with Gasteiger partial charge in [-0.2, -0.15) is 14.0 Å². The monoisotopic (exact) mass is 416 g/mol. The summed E-state index contributed by atoms with van der Waals surface area (Å²) in [6, 6.07) is 15.2. The van der Waals surface area contributed by atoms with Gasteiger partial charge in [-0.25, -0.2) is 4.79 Å². The average Bonchev–Trinajstić information content (AvgIpc) is 3.19. The molecule has 1 aliphatic heterocycles. The van der Waals surface area contributed by atoms with Gasteiger partial charge >= 0.3 is 12.6 Å². The van der Waals surface area contributed by atoms with Crippen molar-refractivity contribution >= 4 is 11.7 Å². The van der Waals surface area contributed by atoms with E-state index >= 15 is 0 Å². The van der Waals surface area contributed by atoms with E-state index in [0.717, 1.165) is 5.56 Å². The van der Waals surface area contributed by atoms with E-state index in [1.54, 1.807) is 36.4 Å². The van der Waals surface area contributed by atoms with Crippen LogP contribution in [0.25, 0.3) is 0 Å². The van der Waals surface area contributed by atoms with Crippen molar-refractivity contribution in [3.05, 3.63) is 54.1 Å². The minimum absolute atomic E-state index is 0.0406. The maximum absolute atomic E-state index is 12.6. The molecule has 0 spiro atoms. The van der Waals surface area contributed by atoms with Crippen LogP contribution in [0.1, 0.15) is 12.0 Å². The number of hydrogen-bond donors (Lipinski definition) is 2. The highest BCUT2D eigenvalue weighted by molar-refractivity contribution is 5.74. The molecule has 158 valence electrons. The lowest BCUT2D eigenvalue weighted by atomic mass is 10.2. The van der Waals surface area contributed by atoms with Gasteiger partial charge in [-0.1, -0.05) is 24.3 Å². The summed E-state index contributed by atoms with van der Waals surface area (Å²) in [5.41, 5.74) is 1.42. The maximum Gasteiger partial charge on any atom is 0.387 e. The zero-order valence-electron chi connectivity index (χ0n) is 16.2. The molecule has 0 radical (unpaired) electrons. The molecule has 1 unspecified atom stereocenters. The zero-order chi connectivity index (χ0) is 21.3. The molecule has 0 aromatic heterocycles. The molecule has 2 N–H and O–H groups in total. The second-order valence-corrected chi connectivity index (χ2v) is 6.70. The summed E-state index contributed by atoms with van der Waals surface area (Å²) in [7, 11) is 0. The smallest absolute Gasteiger partial charge is 0.387 e. The zero-order valence-corrected chi connectivity index (χ0v) is 16.2. The standard InChI is InChI=1S/C21H22F2N4O3/c22-20(23)30-19-7-2-1-6-18(19)27-10-8-16(14-27)26-21(28)25-13-15-4-3-5-17(12-15)29-11-9-24/h1-7,12,16,20H,8,10-11,13-14H2,(H2,25,26,28). The van der Waals surface area contributed by atoms with Crippen molar-refractivity contribution in [3.8, 4) is 17.6 Å². The summed E-state index contributed by atoms with van der Waals surface area (Å²) < 4.78 is 35.1. The number of alkyl halides is 2. The van der Waals surface area contributed by atoms with Crippen LogP contribution in [0.15, 0.2) is 48.5 Å². The predicted octanol–water partition coefficient (Wildman–Crippen LogP) is 3.27. The first-order chi connectivity index (χ1) is 14.5. The molecule has 1 heterocycles. The van der Waals surface area contributed by atoms with Crippen molar-refractivity contribution in [2.24, 2.45) is 0 Å². The number of benzene rings is 2. The Balaban J connectivity index is 1.49. The van der Waals surface area contributed by atoms with Crippen molar-refractivity contribution in [3.63, 3.8) is 0 Å². The van der Waals surface area contributed by atoms with E-state index in [2.05, 4.69) is 15.4 Å². The van der Waals surface area contributed by atoms with Crippen LogP contribution in [0, 0.1) is 11.3 Å². The third kappa shape index (κ3) is 5.98. The number of nitriles is 1. The number of amides is 2. The first kappa shape index (κ1) is 21.2. The number of carbonyl (C=O) groups is 1. The van der Waals surface area contributed by atoms with Gasteiger partial charge in [0.2, 0.25) is 0 Å². The minimum atomic E-state index is -2.89. The van der Waals surface area contributed by atoms with Crippen molar-refractivity contribution < 1.29 is 23.0 Å². The van der Waals surface area contributed by atoms with Crippen LogP contribution >= 0.6 is 0 Å². The van der Waals surface area contributed by atoms with Crippen LogP contribution in [0.3, 0.4) is 0 Å². The molecule has 9 heteroatoms. The van der Waals surface area contributed by atoms with Crippen LogP contribution in [0.4, 0.5) is 19.3 Å². The number of anilines is 1. The number of urea groups is 1. The second-order valence-electron chi connectivity index (χ2n) is 6.70. The largest absolute Gasteiger partial charge is 0.479 e. The number of carbonyl (C=O) groups excluding carboxylic acids is 1. The summed E-state index contributed by atoms with van der Waals surface area (Å²) in [5, 5.41) is 14.3. The van der Waals surface area contributed by atoms with Gasteiger partial charge in [-0.15, -0.1) is 0 Å². The minimum Gasteiger partial charge on any atom is -0.479 e. The van der Waals surface area contributed by atoms with E-state index in [4.69, 9.17) is 10.00 Å². The fraction of sp³-hybridized carbons (Fsp3) is 0.333. The normalized spacial score (nSPS) is 15.5. The molecule has 30 heavy (non-hydrogen) atoms. The molecule has 0 bridgehead atoms. The highest BCUT2D eigenvalue weighted by Crippen LogP contribution is 2.31. The van der Waals surface area contributed by atoms with Gasteiger partial charge in [0.1, 0.15) is 17.6 Å². The van der Waals surface area contributed by atoms with Gasteiger partial charge < -0.3 is 25.0 Å². The van der Waals surface area contributed by atoms with E-state index in [1.807, 2.05) is 17.0 Å². The number of hydrogen-bond acceptors (Lipinski definition) is 5. The molecule has 0 saturated carbocycles. The Bertz CT molecular complexity index is 904. The summed E-state index contributed by atoms with van der Waals surface area (Å²) in [5.74, 6) is 0.684. The first-order valence-electron chi connectivity index (χ1n) is 9.47. The molecule has 1 saturated heterocycles. The highest BCUT2D eigenvalue weighted by Gasteiger charge is 2.26. The molecule has 3 rings (SSSR count). The second kappa shape index (κ2) is 10.3. The Morgan fingerprint density at radius 3 is 2.90 bits per heavy atom. The first-order valence-corrected chi connectivity index (χ1v) is 9.47. The molecule has 2 aromatic rings. The van der Waals surface area contributed by atoms with Gasteiger partial charge in [0, 0.05) is 25.7 Å². The lowest BCUT2D eigenvalue weighted by Gasteiger charge is -2.22. The van der Waals surface area contributed by atoms with Gasteiger partial charge in [-0.3, -0.25) is 0 Å². The van der Waals surface area contributed by atoms with Crippen molar-refractivity contribution in [2.45, 2.75) is 25.6 Å². The number of para-hydroxylation sites is 2. The number of rotatable bonds is 8. The fourth-order valence-corrected chi connectivity index (χ4v) is 3.29. The molecule has 0 aliphatic carbocycles. The third-order valence-corrected chi connectivity index (χ3v) is 4.60. The quantitative estimate of drug-likeness (QED) is 0.690. The van der Waals surface area contributed by atoms with Gasteiger partial charge in [0.25, 0.3) is 0 Å². The molecule has 1 atom stereocenters. The Hall–Kier alpha value is -3.54. The third-order valence-electron chi connectivity index (χ3n) is 4.60. The van der Waals surface area contributed by atoms with E-state index in [1.165, 1.54) is 6.07 Å². The van der Waals surface area contributed by atoms with Crippen molar-refractivity contribution in [2.75, 3.05) is 24.6 Å². The van der Waals surface area contributed by atoms with Crippen LogP contribution in [-0.2, 0) is 6.54 Å². The molecule has 2 aromatic carbocycles. The highest BCUT2D eigenvalue weighted by atomic mass is 19.3. The van der Waals surface area contributed by atoms with Gasteiger partial charge in [0.05, 0.1) is 5.69 Å². The van der Waals surface area contributed by atoms with Crippen LogP contribution in [-0.4, -0.2) is 38.4 Å². The van der Waals surface area contributed by atoms with Crippen LogP contribution < -0.4 is 25.0 Å².